The average Bonchev–Trinajstić information content (AvgIpc) is 2.28. The molecule has 0 aromatic carbocycles. The minimum absolute atomic E-state index is 0.134. The zero-order chi connectivity index (χ0) is 13.2. The van der Waals surface area contributed by atoms with Crippen molar-refractivity contribution in [3.8, 4) is 0 Å². The third-order valence-electron chi connectivity index (χ3n) is 4.32. The monoisotopic (exact) mass is 274 g/mol. The van der Waals surface area contributed by atoms with Gasteiger partial charge in [-0.25, -0.2) is 8.42 Å². The van der Waals surface area contributed by atoms with Gasteiger partial charge in [-0.15, -0.1) is 0 Å². The molecule has 2 heterocycles. The summed E-state index contributed by atoms with van der Waals surface area (Å²) in [6.07, 6.45) is 5.70. The summed E-state index contributed by atoms with van der Waals surface area (Å²) in [6, 6.07) is 0.610. The van der Waals surface area contributed by atoms with E-state index in [1.165, 1.54) is 19.1 Å². The van der Waals surface area contributed by atoms with Crippen molar-refractivity contribution in [2.75, 3.05) is 32.4 Å². The van der Waals surface area contributed by atoms with Crippen LogP contribution in [0.2, 0.25) is 0 Å². The molecule has 4 nitrogen and oxygen atoms in total. The number of piperidine rings is 2. The van der Waals surface area contributed by atoms with E-state index >= 15 is 0 Å². The van der Waals surface area contributed by atoms with Crippen LogP contribution in [-0.4, -0.2) is 57.0 Å². The minimum Gasteiger partial charge on any atom is -0.314 e. The van der Waals surface area contributed by atoms with Crippen molar-refractivity contribution in [3.05, 3.63) is 0 Å². The van der Waals surface area contributed by atoms with Gasteiger partial charge in [0.15, 0.2) is 9.84 Å². The molecule has 18 heavy (non-hydrogen) atoms. The highest BCUT2D eigenvalue weighted by Crippen LogP contribution is 2.22. The molecule has 2 aliphatic heterocycles. The van der Waals surface area contributed by atoms with E-state index in [1.54, 1.807) is 0 Å². The molecule has 0 radical (unpaired) electrons. The van der Waals surface area contributed by atoms with E-state index in [-0.39, 0.29) is 5.25 Å². The van der Waals surface area contributed by atoms with Gasteiger partial charge in [0.1, 0.15) is 0 Å². The fraction of sp³-hybridized carbons (Fsp3) is 1.00. The zero-order valence-corrected chi connectivity index (χ0v) is 12.4. The van der Waals surface area contributed by atoms with E-state index in [9.17, 15) is 8.42 Å². The summed E-state index contributed by atoms with van der Waals surface area (Å²) in [5.41, 5.74) is 0. The molecular weight excluding hydrogens is 248 g/mol. The topological polar surface area (TPSA) is 49.4 Å². The van der Waals surface area contributed by atoms with Gasteiger partial charge in [0.05, 0.1) is 5.25 Å². The van der Waals surface area contributed by atoms with Gasteiger partial charge < -0.3 is 10.2 Å². The van der Waals surface area contributed by atoms with Crippen LogP contribution in [0.25, 0.3) is 0 Å². The smallest absolute Gasteiger partial charge is 0.151 e. The molecule has 0 amide bonds. The first kappa shape index (κ1) is 14.3. The van der Waals surface area contributed by atoms with Gasteiger partial charge in [-0.3, -0.25) is 0 Å². The van der Waals surface area contributed by atoms with E-state index in [1.807, 2.05) is 0 Å². The van der Waals surface area contributed by atoms with Gasteiger partial charge in [-0.05, 0) is 51.6 Å². The van der Waals surface area contributed by atoms with Crippen molar-refractivity contribution in [2.45, 2.75) is 43.9 Å². The van der Waals surface area contributed by atoms with E-state index in [2.05, 4.69) is 17.1 Å². The van der Waals surface area contributed by atoms with Crippen molar-refractivity contribution >= 4 is 9.84 Å². The van der Waals surface area contributed by atoms with Crippen LogP contribution in [0.15, 0.2) is 0 Å². The first-order valence-corrected chi connectivity index (χ1v) is 9.05. The van der Waals surface area contributed by atoms with Crippen LogP contribution >= 0.6 is 0 Å². The SMILES string of the molecule is CC1CC(CN2CCCC(S(C)(=O)=O)C2)CCN1. The number of nitrogens with zero attached hydrogens (tertiary/aromatic N) is 1. The predicted octanol–water partition coefficient (Wildman–Crippen LogP) is 0.884. The van der Waals surface area contributed by atoms with Crippen LogP contribution in [-0.2, 0) is 9.84 Å². The molecule has 3 atom stereocenters. The molecule has 1 N–H and O–H groups in total. The molecular formula is C13H26N2O2S. The van der Waals surface area contributed by atoms with Gasteiger partial charge in [0.2, 0.25) is 0 Å². The molecule has 3 unspecified atom stereocenters. The fourth-order valence-electron chi connectivity index (χ4n) is 3.29. The lowest BCUT2D eigenvalue weighted by Gasteiger charge is -2.36. The Labute approximate surface area is 111 Å². The Hall–Kier alpha value is -0.130. The summed E-state index contributed by atoms with van der Waals surface area (Å²) in [7, 11) is -2.86. The number of nitrogens with one attached hydrogen (secondary N) is 1. The number of hydrogen-bond donors (Lipinski definition) is 1. The molecule has 2 saturated heterocycles. The first-order chi connectivity index (χ1) is 8.45. The number of rotatable bonds is 3. The first-order valence-electron chi connectivity index (χ1n) is 7.10. The maximum absolute atomic E-state index is 11.6. The molecule has 2 aliphatic rings. The van der Waals surface area contributed by atoms with Crippen molar-refractivity contribution in [1.82, 2.24) is 10.2 Å². The van der Waals surface area contributed by atoms with E-state index in [4.69, 9.17) is 0 Å². The van der Waals surface area contributed by atoms with Gasteiger partial charge in [0.25, 0.3) is 0 Å². The quantitative estimate of drug-likeness (QED) is 0.830. The summed E-state index contributed by atoms with van der Waals surface area (Å²) in [4.78, 5) is 2.37. The van der Waals surface area contributed by atoms with Crippen LogP contribution in [0.5, 0.6) is 0 Å². The molecule has 0 bridgehead atoms. The Balaban J connectivity index is 1.86. The lowest BCUT2D eigenvalue weighted by Crippen LogP contribution is -2.46. The molecule has 2 rings (SSSR count). The van der Waals surface area contributed by atoms with Crippen LogP contribution < -0.4 is 5.32 Å². The maximum Gasteiger partial charge on any atom is 0.151 e. The highest BCUT2D eigenvalue weighted by Gasteiger charge is 2.29. The second-order valence-electron chi connectivity index (χ2n) is 6.10. The lowest BCUT2D eigenvalue weighted by atomic mass is 9.92. The second-order valence-corrected chi connectivity index (χ2v) is 8.42. The van der Waals surface area contributed by atoms with Crippen molar-refractivity contribution in [3.63, 3.8) is 0 Å². The number of sulfone groups is 1. The van der Waals surface area contributed by atoms with E-state index in [0.717, 1.165) is 44.9 Å². The minimum atomic E-state index is -2.86. The van der Waals surface area contributed by atoms with Gasteiger partial charge >= 0.3 is 0 Å². The fourth-order valence-corrected chi connectivity index (χ4v) is 4.37. The molecule has 0 aromatic rings. The van der Waals surface area contributed by atoms with Gasteiger partial charge in [-0.2, -0.15) is 0 Å². The number of hydrogen-bond acceptors (Lipinski definition) is 4. The Morgan fingerprint density at radius 2 is 2.11 bits per heavy atom. The summed E-state index contributed by atoms with van der Waals surface area (Å²) < 4.78 is 23.3. The summed E-state index contributed by atoms with van der Waals surface area (Å²) in [5, 5.41) is 3.33. The van der Waals surface area contributed by atoms with Crippen LogP contribution in [0.3, 0.4) is 0 Å². The number of likely N-dealkylation sites (tertiary alicyclic amines) is 1. The third kappa shape index (κ3) is 3.93. The predicted molar refractivity (Wildman–Crippen MR) is 74.5 cm³/mol. The van der Waals surface area contributed by atoms with Crippen LogP contribution in [0, 0.1) is 5.92 Å². The van der Waals surface area contributed by atoms with E-state index in [0.29, 0.717) is 6.04 Å². The molecule has 5 heteroatoms. The van der Waals surface area contributed by atoms with Crippen molar-refractivity contribution in [1.29, 1.82) is 0 Å². The van der Waals surface area contributed by atoms with Crippen molar-refractivity contribution < 1.29 is 8.42 Å². The molecule has 2 fully saturated rings. The normalized spacial score (nSPS) is 35.6. The molecule has 0 spiro atoms. The molecule has 0 aromatic heterocycles. The molecule has 106 valence electrons. The summed E-state index contributed by atoms with van der Waals surface area (Å²) in [5.74, 6) is 0.736. The Morgan fingerprint density at radius 3 is 2.78 bits per heavy atom. The average molecular weight is 274 g/mol. The summed E-state index contributed by atoms with van der Waals surface area (Å²) >= 11 is 0. The van der Waals surface area contributed by atoms with Crippen LogP contribution in [0.1, 0.15) is 32.6 Å². The van der Waals surface area contributed by atoms with Gasteiger partial charge in [-0.1, -0.05) is 0 Å². The Kier molecular flexibility index (Phi) is 4.67. The highest BCUT2D eigenvalue weighted by atomic mass is 32.2. The highest BCUT2D eigenvalue weighted by molar-refractivity contribution is 7.91. The molecule has 0 aliphatic carbocycles. The Bertz CT molecular complexity index is 369. The van der Waals surface area contributed by atoms with Crippen molar-refractivity contribution in [2.24, 2.45) is 5.92 Å². The summed E-state index contributed by atoms with van der Waals surface area (Å²) in [6.45, 7) is 6.25. The Morgan fingerprint density at radius 1 is 1.33 bits per heavy atom. The maximum atomic E-state index is 11.6. The van der Waals surface area contributed by atoms with Crippen LogP contribution in [0.4, 0.5) is 0 Å². The zero-order valence-electron chi connectivity index (χ0n) is 11.6. The lowest BCUT2D eigenvalue weighted by molar-refractivity contribution is 0.169. The second kappa shape index (κ2) is 5.88. The molecule has 0 saturated carbocycles. The van der Waals surface area contributed by atoms with E-state index < -0.39 is 9.84 Å². The third-order valence-corrected chi connectivity index (χ3v) is 5.91. The van der Waals surface area contributed by atoms with Gasteiger partial charge in [0, 0.05) is 25.4 Å². The largest absolute Gasteiger partial charge is 0.314 e. The standard InChI is InChI=1S/C13H26N2O2S/c1-11-8-12(5-6-14-11)9-15-7-3-4-13(10-15)18(2,16)17/h11-14H,3-10H2,1-2H3.